The molecule has 14 heteroatoms. The molecule has 0 bridgehead atoms. The minimum Gasteiger partial charge on any atom is -0.508 e. The van der Waals surface area contributed by atoms with Crippen molar-refractivity contribution < 1.29 is 29.4 Å². The van der Waals surface area contributed by atoms with Crippen LogP contribution in [0.3, 0.4) is 0 Å². The molecule has 224 valence electrons. The molecule has 0 spiro atoms. The van der Waals surface area contributed by atoms with Gasteiger partial charge in [-0.05, 0) is 62.3 Å². The molecule has 0 aliphatic heterocycles. The average Bonchev–Trinajstić information content (AvgIpc) is 2.89. The lowest BCUT2D eigenvalue weighted by Gasteiger charge is -2.26. The zero-order valence-electron chi connectivity index (χ0n) is 23.1. The number of nitrogens with zero attached hydrogens (tertiary/aromatic N) is 1. The summed E-state index contributed by atoms with van der Waals surface area (Å²) in [4.78, 5) is 54.8. The van der Waals surface area contributed by atoms with Gasteiger partial charge in [-0.1, -0.05) is 26.0 Å². The Bertz CT molecular complexity index is 997. The second kappa shape index (κ2) is 17.6. The van der Waals surface area contributed by atoms with Crippen LogP contribution in [0.5, 0.6) is 5.75 Å². The lowest BCUT2D eigenvalue weighted by molar-refractivity contribution is -0.143. The van der Waals surface area contributed by atoms with Gasteiger partial charge in [0.1, 0.15) is 23.9 Å². The number of carboxylic acids is 1. The number of unbranched alkanes of at least 4 members (excludes halogenated alkanes) is 1. The van der Waals surface area contributed by atoms with Gasteiger partial charge in [0, 0.05) is 13.0 Å². The Labute approximate surface area is 234 Å². The topological polar surface area (TPSA) is 261 Å². The SMILES string of the molecule is CC(C)C(NC(=O)C(CCCCN)NC(=O)C(Cc1ccc(O)cc1)NC(=O)C(N)CCCN=C(N)N)C(=O)O. The number of aromatic hydroxyl groups is 1. The first-order chi connectivity index (χ1) is 18.8. The van der Waals surface area contributed by atoms with Crippen molar-refractivity contribution in [1.82, 2.24) is 16.0 Å². The predicted molar refractivity (Wildman–Crippen MR) is 151 cm³/mol. The Morgan fingerprint density at radius 2 is 1.48 bits per heavy atom. The van der Waals surface area contributed by atoms with Crippen LogP contribution in [0, 0.1) is 5.92 Å². The number of carbonyl (C=O) groups excluding carboxylic acids is 3. The Balaban J connectivity index is 3.10. The average molecular weight is 565 g/mol. The zero-order valence-corrected chi connectivity index (χ0v) is 23.1. The fourth-order valence-corrected chi connectivity index (χ4v) is 3.81. The van der Waals surface area contributed by atoms with Crippen LogP contribution in [0.4, 0.5) is 0 Å². The molecule has 1 aromatic carbocycles. The molecule has 1 rings (SSSR count). The first-order valence-electron chi connectivity index (χ1n) is 13.3. The third-order valence-corrected chi connectivity index (χ3v) is 6.12. The van der Waals surface area contributed by atoms with Crippen LogP contribution in [-0.2, 0) is 25.6 Å². The number of carboxylic acid groups (broad SMARTS) is 1. The molecule has 0 aliphatic carbocycles. The van der Waals surface area contributed by atoms with E-state index in [0.717, 1.165) is 0 Å². The van der Waals surface area contributed by atoms with Gasteiger partial charge in [-0.25, -0.2) is 4.79 Å². The number of phenols is 1. The maximum atomic E-state index is 13.4. The number of guanidine groups is 1. The molecule has 0 heterocycles. The van der Waals surface area contributed by atoms with Crippen molar-refractivity contribution in [3.05, 3.63) is 29.8 Å². The lowest BCUT2D eigenvalue weighted by atomic mass is 10.0. The van der Waals surface area contributed by atoms with Crippen molar-refractivity contribution in [2.75, 3.05) is 13.1 Å². The van der Waals surface area contributed by atoms with Gasteiger partial charge in [0.05, 0.1) is 6.04 Å². The number of amides is 3. The Morgan fingerprint density at radius 3 is 2.02 bits per heavy atom. The largest absolute Gasteiger partial charge is 0.508 e. The summed E-state index contributed by atoms with van der Waals surface area (Å²) in [5, 5.41) is 26.9. The zero-order chi connectivity index (χ0) is 30.2. The van der Waals surface area contributed by atoms with E-state index in [0.29, 0.717) is 31.4 Å². The number of aliphatic carboxylic acids is 1. The van der Waals surface area contributed by atoms with E-state index in [4.69, 9.17) is 22.9 Å². The summed E-state index contributed by atoms with van der Waals surface area (Å²) in [6, 6.07) is 1.81. The summed E-state index contributed by atoms with van der Waals surface area (Å²) in [5.41, 5.74) is 22.8. The minimum atomic E-state index is -1.19. The number of nitrogens with one attached hydrogen (secondary N) is 3. The summed E-state index contributed by atoms with van der Waals surface area (Å²) < 4.78 is 0. The molecule has 0 aliphatic rings. The summed E-state index contributed by atoms with van der Waals surface area (Å²) in [6.07, 6.45) is 2.04. The summed E-state index contributed by atoms with van der Waals surface area (Å²) in [6.45, 7) is 3.98. The van der Waals surface area contributed by atoms with Gasteiger partial charge in [-0.2, -0.15) is 0 Å². The molecule has 13 N–H and O–H groups in total. The Hall–Kier alpha value is -3.91. The Morgan fingerprint density at radius 1 is 0.875 bits per heavy atom. The van der Waals surface area contributed by atoms with Crippen molar-refractivity contribution >= 4 is 29.7 Å². The standard InChI is InChI=1S/C26H44N8O6/c1-15(2)21(25(39)40)34-23(37)19(7-3-4-12-27)32-24(38)20(14-16-8-10-17(35)11-9-16)33-22(36)18(28)6-5-13-31-26(29)30/h8-11,15,18-21,35H,3-7,12-14,27-28H2,1-2H3,(H,32,38)(H,33,36)(H,34,37)(H,39,40)(H4,29,30,31). The summed E-state index contributed by atoms with van der Waals surface area (Å²) >= 11 is 0. The molecule has 1 aromatic rings. The van der Waals surface area contributed by atoms with E-state index in [1.807, 2.05) is 0 Å². The van der Waals surface area contributed by atoms with E-state index in [1.54, 1.807) is 26.0 Å². The van der Waals surface area contributed by atoms with Crippen LogP contribution in [0.2, 0.25) is 0 Å². The second-order valence-electron chi connectivity index (χ2n) is 9.90. The Kier molecular flexibility index (Phi) is 15.0. The molecule has 0 radical (unpaired) electrons. The van der Waals surface area contributed by atoms with Gasteiger partial charge < -0.3 is 49.1 Å². The van der Waals surface area contributed by atoms with Gasteiger partial charge in [0.2, 0.25) is 17.7 Å². The van der Waals surface area contributed by atoms with Crippen LogP contribution >= 0.6 is 0 Å². The van der Waals surface area contributed by atoms with Crippen molar-refractivity contribution in [1.29, 1.82) is 0 Å². The molecule has 3 amide bonds. The number of benzene rings is 1. The number of carbonyl (C=O) groups is 4. The number of rotatable bonds is 18. The van der Waals surface area contributed by atoms with Crippen molar-refractivity contribution in [3.8, 4) is 5.75 Å². The van der Waals surface area contributed by atoms with E-state index in [1.165, 1.54) is 12.1 Å². The molecule has 4 unspecified atom stereocenters. The van der Waals surface area contributed by atoms with Crippen molar-refractivity contribution in [2.24, 2.45) is 33.8 Å². The highest BCUT2D eigenvalue weighted by molar-refractivity contribution is 5.94. The van der Waals surface area contributed by atoms with Crippen molar-refractivity contribution in [3.63, 3.8) is 0 Å². The lowest BCUT2D eigenvalue weighted by Crippen LogP contribution is -2.58. The van der Waals surface area contributed by atoms with Crippen LogP contribution in [0.25, 0.3) is 0 Å². The minimum absolute atomic E-state index is 0.0337. The molecule has 14 nitrogen and oxygen atoms in total. The van der Waals surface area contributed by atoms with Gasteiger partial charge in [0.25, 0.3) is 0 Å². The first-order valence-corrected chi connectivity index (χ1v) is 13.3. The molecule has 0 aromatic heterocycles. The maximum Gasteiger partial charge on any atom is 0.326 e. The normalized spacial score (nSPS) is 13.9. The van der Waals surface area contributed by atoms with Crippen LogP contribution in [-0.4, -0.2) is 77.1 Å². The fourth-order valence-electron chi connectivity index (χ4n) is 3.81. The quantitative estimate of drug-likeness (QED) is 0.0574. The highest BCUT2D eigenvalue weighted by atomic mass is 16.4. The third kappa shape index (κ3) is 12.8. The monoisotopic (exact) mass is 564 g/mol. The number of nitrogens with two attached hydrogens (primary N) is 4. The van der Waals surface area contributed by atoms with E-state index in [-0.39, 0.29) is 37.5 Å². The van der Waals surface area contributed by atoms with Gasteiger partial charge in [-0.15, -0.1) is 0 Å². The summed E-state index contributed by atoms with van der Waals surface area (Å²) in [5.74, 6) is -3.52. The van der Waals surface area contributed by atoms with E-state index in [9.17, 15) is 29.4 Å². The first kappa shape index (κ1) is 34.1. The predicted octanol–water partition coefficient (Wildman–Crippen LogP) is -1.36. The third-order valence-electron chi connectivity index (χ3n) is 6.12. The number of hydrogen-bond donors (Lipinski definition) is 9. The highest BCUT2D eigenvalue weighted by Gasteiger charge is 2.31. The molecular weight excluding hydrogens is 520 g/mol. The van der Waals surface area contributed by atoms with Gasteiger partial charge in [0.15, 0.2) is 5.96 Å². The van der Waals surface area contributed by atoms with Gasteiger partial charge in [-0.3, -0.25) is 19.4 Å². The fraction of sp³-hybridized carbons (Fsp3) is 0.577. The van der Waals surface area contributed by atoms with E-state index in [2.05, 4.69) is 20.9 Å². The van der Waals surface area contributed by atoms with E-state index < -0.39 is 53.8 Å². The van der Waals surface area contributed by atoms with Crippen LogP contribution in [0.1, 0.15) is 51.5 Å². The molecule has 40 heavy (non-hydrogen) atoms. The molecule has 0 saturated carbocycles. The summed E-state index contributed by atoms with van der Waals surface area (Å²) in [7, 11) is 0. The number of hydrogen-bond acceptors (Lipinski definition) is 8. The molecular formula is C26H44N8O6. The number of aliphatic imine (C=N–C) groups is 1. The van der Waals surface area contributed by atoms with Crippen LogP contribution in [0.15, 0.2) is 29.3 Å². The maximum absolute atomic E-state index is 13.4. The molecule has 4 atom stereocenters. The molecule has 0 fully saturated rings. The highest BCUT2D eigenvalue weighted by Crippen LogP contribution is 2.13. The number of phenolic OH excluding ortho intramolecular Hbond substituents is 1. The second-order valence-corrected chi connectivity index (χ2v) is 9.90. The van der Waals surface area contributed by atoms with Crippen LogP contribution < -0.4 is 38.9 Å². The van der Waals surface area contributed by atoms with Gasteiger partial charge >= 0.3 is 5.97 Å². The van der Waals surface area contributed by atoms with E-state index >= 15 is 0 Å². The van der Waals surface area contributed by atoms with Crippen molar-refractivity contribution in [2.45, 2.75) is 76.5 Å². The molecule has 0 saturated heterocycles. The smallest absolute Gasteiger partial charge is 0.326 e.